The lowest BCUT2D eigenvalue weighted by Crippen LogP contribution is -2.37. The Morgan fingerprint density at radius 1 is 1.19 bits per heavy atom. The van der Waals surface area contributed by atoms with Gasteiger partial charge in [-0.2, -0.15) is 0 Å². The van der Waals surface area contributed by atoms with Crippen LogP contribution in [-0.2, 0) is 10.5 Å². The summed E-state index contributed by atoms with van der Waals surface area (Å²) >= 11 is 3.34. The largest absolute Gasteiger partial charge is 0.378 e. The van der Waals surface area contributed by atoms with Gasteiger partial charge < -0.3 is 20.3 Å². The lowest BCUT2D eigenvalue weighted by atomic mass is 10.2. The number of carbonyl (C=O) groups excluding carboxylic acids is 1. The zero-order chi connectivity index (χ0) is 21.6. The molecule has 2 N–H and O–H groups in total. The zero-order valence-corrected chi connectivity index (χ0v) is 19.1. The molecule has 4 rings (SSSR count). The van der Waals surface area contributed by atoms with Crippen molar-refractivity contribution in [3.63, 3.8) is 0 Å². The SMILES string of the molecule is CNC(=O)Nc1ccc(-c2nc(CSc3nc(C)cs3)cc(N3CCOCC3)n2)cc1. The number of nitrogens with one attached hydrogen (secondary N) is 2. The van der Waals surface area contributed by atoms with Gasteiger partial charge in [0.1, 0.15) is 10.2 Å². The van der Waals surface area contributed by atoms with E-state index in [0.29, 0.717) is 24.7 Å². The molecule has 10 heteroatoms. The van der Waals surface area contributed by atoms with Crippen LogP contribution in [0.2, 0.25) is 0 Å². The zero-order valence-electron chi connectivity index (χ0n) is 17.4. The third kappa shape index (κ3) is 5.72. The van der Waals surface area contributed by atoms with Crippen LogP contribution in [0.3, 0.4) is 0 Å². The lowest BCUT2D eigenvalue weighted by molar-refractivity contribution is 0.122. The summed E-state index contributed by atoms with van der Waals surface area (Å²) in [6.45, 7) is 5.01. The van der Waals surface area contributed by atoms with Gasteiger partial charge in [0.15, 0.2) is 5.82 Å². The Morgan fingerprint density at radius 2 is 1.97 bits per heavy atom. The first kappa shape index (κ1) is 21.5. The lowest BCUT2D eigenvalue weighted by Gasteiger charge is -2.28. The minimum absolute atomic E-state index is 0.255. The first-order valence-corrected chi connectivity index (χ1v) is 11.8. The normalized spacial score (nSPS) is 13.8. The van der Waals surface area contributed by atoms with E-state index in [1.807, 2.05) is 31.2 Å². The number of urea groups is 1. The van der Waals surface area contributed by atoms with Crippen molar-refractivity contribution in [2.24, 2.45) is 0 Å². The van der Waals surface area contributed by atoms with E-state index in [1.165, 1.54) is 0 Å². The molecule has 0 aliphatic carbocycles. The Morgan fingerprint density at radius 3 is 2.65 bits per heavy atom. The van der Waals surface area contributed by atoms with Crippen molar-refractivity contribution in [1.29, 1.82) is 0 Å². The van der Waals surface area contributed by atoms with Crippen molar-refractivity contribution in [3.8, 4) is 11.4 Å². The molecule has 0 spiro atoms. The second-order valence-electron chi connectivity index (χ2n) is 6.97. The molecule has 1 aliphatic heterocycles. The maximum absolute atomic E-state index is 11.5. The average Bonchev–Trinajstić information content (AvgIpc) is 3.23. The molecule has 2 aromatic heterocycles. The Hall–Kier alpha value is -2.69. The molecule has 8 nitrogen and oxygen atoms in total. The van der Waals surface area contributed by atoms with Crippen LogP contribution in [0.1, 0.15) is 11.4 Å². The first-order valence-electron chi connectivity index (χ1n) is 9.95. The van der Waals surface area contributed by atoms with Crippen molar-refractivity contribution in [3.05, 3.63) is 47.1 Å². The van der Waals surface area contributed by atoms with Gasteiger partial charge >= 0.3 is 6.03 Å². The summed E-state index contributed by atoms with van der Waals surface area (Å²) in [5.74, 6) is 2.30. The van der Waals surface area contributed by atoms with E-state index in [1.54, 1.807) is 30.1 Å². The summed E-state index contributed by atoms with van der Waals surface area (Å²) in [4.78, 5) is 27.9. The van der Waals surface area contributed by atoms with E-state index in [-0.39, 0.29) is 6.03 Å². The molecule has 0 saturated carbocycles. The van der Waals surface area contributed by atoms with Gasteiger partial charge in [-0.05, 0) is 31.2 Å². The number of ether oxygens (including phenoxy) is 1. The highest BCUT2D eigenvalue weighted by atomic mass is 32.2. The summed E-state index contributed by atoms with van der Waals surface area (Å²) in [7, 11) is 1.58. The second-order valence-corrected chi connectivity index (χ2v) is 9.05. The molecule has 0 unspecified atom stereocenters. The summed E-state index contributed by atoms with van der Waals surface area (Å²) in [6.07, 6.45) is 0. The number of anilines is 2. The van der Waals surface area contributed by atoms with Crippen molar-refractivity contribution >= 4 is 40.6 Å². The van der Waals surface area contributed by atoms with E-state index in [9.17, 15) is 4.79 Å². The van der Waals surface area contributed by atoms with Crippen molar-refractivity contribution < 1.29 is 9.53 Å². The highest BCUT2D eigenvalue weighted by Gasteiger charge is 2.16. The predicted molar refractivity (Wildman–Crippen MR) is 125 cm³/mol. The fourth-order valence-corrected chi connectivity index (χ4v) is 4.81. The van der Waals surface area contributed by atoms with Gasteiger partial charge in [0.25, 0.3) is 0 Å². The number of morpholine rings is 1. The van der Waals surface area contributed by atoms with Gasteiger partial charge in [0, 0.05) is 54.3 Å². The molecular weight excluding hydrogens is 432 g/mol. The molecule has 3 aromatic rings. The predicted octanol–water partition coefficient (Wildman–Crippen LogP) is 3.79. The highest BCUT2D eigenvalue weighted by molar-refractivity contribution is 8.00. The fraction of sp³-hybridized carbons (Fsp3) is 0.333. The summed E-state index contributed by atoms with van der Waals surface area (Å²) in [5, 5.41) is 7.36. The minimum atomic E-state index is -0.255. The number of nitrogens with zero attached hydrogens (tertiary/aromatic N) is 4. The van der Waals surface area contributed by atoms with Gasteiger partial charge in [0.2, 0.25) is 0 Å². The third-order valence-electron chi connectivity index (χ3n) is 4.67. The van der Waals surface area contributed by atoms with Gasteiger partial charge in [-0.25, -0.2) is 19.7 Å². The molecule has 0 bridgehead atoms. The minimum Gasteiger partial charge on any atom is -0.378 e. The number of hydrogen-bond acceptors (Lipinski definition) is 8. The second kappa shape index (κ2) is 10.1. The highest BCUT2D eigenvalue weighted by Crippen LogP contribution is 2.28. The van der Waals surface area contributed by atoms with E-state index in [4.69, 9.17) is 14.7 Å². The molecule has 0 radical (unpaired) electrons. The standard InChI is InChI=1S/C21H24N6O2S2/c1-14-12-30-21(23-14)31-13-17-11-18(27-7-9-29-10-8-27)26-19(24-17)15-3-5-16(6-4-15)25-20(28)22-2/h3-6,11-12H,7-10,13H2,1-2H3,(H2,22,25,28). The third-order valence-corrected chi connectivity index (χ3v) is 6.84. The van der Waals surface area contributed by atoms with Crippen LogP contribution in [0.25, 0.3) is 11.4 Å². The van der Waals surface area contributed by atoms with Crippen LogP contribution in [0.15, 0.2) is 40.1 Å². The average molecular weight is 457 g/mol. The summed E-state index contributed by atoms with van der Waals surface area (Å²) in [5.41, 5.74) is 3.60. The van der Waals surface area contributed by atoms with Crippen molar-refractivity contribution in [2.45, 2.75) is 17.0 Å². The van der Waals surface area contributed by atoms with Gasteiger partial charge in [0.05, 0.1) is 18.9 Å². The molecule has 0 atom stereocenters. The molecule has 1 aliphatic rings. The molecule has 1 saturated heterocycles. The number of rotatable bonds is 6. The van der Waals surface area contributed by atoms with Crippen LogP contribution in [-0.4, -0.2) is 54.3 Å². The topological polar surface area (TPSA) is 92.3 Å². The Labute approximate surface area is 189 Å². The van der Waals surface area contributed by atoms with Crippen LogP contribution in [0.4, 0.5) is 16.3 Å². The Balaban J connectivity index is 1.59. The van der Waals surface area contributed by atoms with Crippen molar-refractivity contribution in [1.82, 2.24) is 20.3 Å². The maximum atomic E-state index is 11.5. The summed E-state index contributed by atoms with van der Waals surface area (Å²) in [6, 6.07) is 9.35. The quantitative estimate of drug-likeness (QED) is 0.545. The number of thioether (sulfide) groups is 1. The van der Waals surface area contributed by atoms with E-state index in [0.717, 1.165) is 46.0 Å². The van der Waals surface area contributed by atoms with Gasteiger partial charge in [-0.15, -0.1) is 11.3 Å². The molecule has 1 fully saturated rings. The Bertz CT molecular complexity index is 1030. The number of aromatic nitrogens is 3. The first-order chi connectivity index (χ1) is 15.1. The van der Waals surface area contributed by atoms with Gasteiger partial charge in [-0.3, -0.25) is 0 Å². The molecule has 162 valence electrons. The van der Waals surface area contributed by atoms with Crippen LogP contribution in [0, 0.1) is 6.92 Å². The van der Waals surface area contributed by atoms with E-state index < -0.39 is 0 Å². The number of benzene rings is 1. The van der Waals surface area contributed by atoms with Crippen LogP contribution in [0.5, 0.6) is 0 Å². The number of hydrogen-bond donors (Lipinski definition) is 2. The van der Waals surface area contributed by atoms with Gasteiger partial charge in [-0.1, -0.05) is 11.8 Å². The fourth-order valence-electron chi connectivity index (χ4n) is 3.07. The smallest absolute Gasteiger partial charge is 0.318 e. The molecule has 31 heavy (non-hydrogen) atoms. The van der Waals surface area contributed by atoms with Crippen molar-refractivity contribution in [2.75, 3.05) is 43.6 Å². The molecule has 1 aromatic carbocycles. The molecule has 2 amide bonds. The number of aryl methyl sites for hydroxylation is 1. The number of amides is 2. The van der Waals surface area contributed by atoms with Crippen LogP contribution >= 0.6 is 23.1 Å². The maximum Gasteiger partial charge on any atom is 0.318 e. The molecular formula is C21H24N6O2S2. The molecule has 3 heterocycles. The summed E-state index contributed by atoms with van der Waals surface area (Å²) < 4.78 is 6.53. The monoisotopic (exact) mass is 456 g/mol. The van der Waals surface area contributed by atoms with E-state index >= 15 is 0 Å². The van der Waals surface area contributed by atoms with Crippen LogP contribution < -0.4 is 15.5 Å². The number of thiazole rings is 1. The number of carbonyl (C=O) groups is 1. The Kier molecular flexibility index (Phi) is 7.00. The van der Waals surface area contributed by atoms with E-state index in [2.05, 4.69) is 32.0 Å².